The van der Waals surface area contributed by atoms with E-state index in [1.165, 1.54) is 12.1 Å². The number of nitrogens with one attached hydrogen (secondary N) is 1. The molecular weight excluding hydrogens is 345 g/mol. The first-order valence-electron chi connectivity index (χ1n) is 9.39. The second kappa shape index (κ2) is 7.10. The highest BCUT2D eigenvalue weighted by Crippen LogP contribution is 2.36. The molecule has 6 heteroatoms. The van der Waals surface area contributed by atoms with Crippen molar-refractivity contribution in [3.05, 3.63) is 53.5 Å². The van der Waals surface area contributed by atoms with Crippen molar-refractivity contribution >= 4 is 23.3 Å². The van der Waals surface area contributed by atoms with Gasteiger partial charge in [0.25, 0.3) is 0 Å². The average molecular weight is 367 g/mol. The Hall–Kier alpha value is -2.76. The summed E-state index contributed by atoms with van der Waals surface area (Å²) in [7, 11) is 0. The first-order chi connectivity index (χ1) is 13.0. The highest BCUT2D eigenvalue weighted by molar-refractivity contribution is 5.98. The number of carbonyl (C=O) groups is 2. The van der Waals surface area contributed by atoms with Gasteiger partial charge in [0.15, 0.2) is 0 Å². The summed E-state index contributed by atoms with van der Waals surface area (Å²) >= 11 is 0. The summed E-state index contributed by atoms with van der Waals surface area (Å²) in [4.78, 5) is 30.8. The number of nitrogens with zero attached hydrogens (tertiary/aromatic N) is 2. The smallest absolute Gasteiger partial charge is 0.232 e. The fourth-order valence-corrected chi connectivity index (χ4v) is 3.50. The van der Waals surface area contributed by atoms with Crippen molar-refractivity contribution in [1.82, 2.24) is 4.98 Å². The van der Waals surface area contributed by atoms with Crippen LogP contribution >= 0.6 is 0 Å². The average Bonchev–Trinajstić information content (AvgIpc) is 3.53. The molecule has 1 N–H and O–H groups in total. The molecule has 2 amide bonds. The van der Waals surface area contributed by atoms with Crippen LogP contribution in [0.5, 0.6) is 0 Å². The number of halogens is 1. The van der Waals surface area contributed by atoms with Gasteiger partial charge in [0.1, 0.15) is 11.6 Å². The molecular formula is C21H22FN3O2. The predicted molar refractivity (Wildman–Crippen MR) is 101 cm³/mol. The van der Waals surface area contributed by atoms with E-state index in [0.29, 0.717) is 5.82 Å². The van der Waals surface area contributed by atoms with Crippen molar-refractivity contribution in [3.8, 4) is 0 Å². The Labute approximate surface area is 157 Å². The lowest BCUT2D eigenvalue weighted by Gasteiger charge is -2.30. The third-order valence-corrected chi connectivity index (χ3v) is 5.29. The lowest BCUT2D eigenvalue weighted by molar-refractivity contribution is -0.120. The summed E-state index contributed by atoms with van der Waals surface area (Å²) in [5, 5.41) is 2.72. The summed E-state index contributed by atoms with van der Waals surface area (Å²) in [6, 6.07) is 8.61. The molecule has 1 aliphatic carbocycles. The number of anilines is 2. The minimum absolute atomic E-state index is 0.198. The summed E-state index contributed by atoms with van der Waals surface area (Å²) < 4.78 is 12.9. The van der Waals surface area contributed by atoms with E-state index in [2.05, 4.69) is 10.3 Å². The van der Waals surface area contributed by atoms with Crippen LogP contribution in [-0.2, 0) is 16.0 Å². The summed E-state index contributed by atoms with van der Waals surface area (Å²) in [5.74, 6) is -0.263. The molecule has 1 aromatic heterocycles. The summed E-state index contributed by atoms with van der Waals surface area (Å²) in [6.45, 7) is 2.60. The lowest BCUT2D eigenvalue weighted by atomic mass is 9.93. The molecule has 2 heterocycles. The zero-order chi connectivity index (χ0) is 19.0. The number of benzene rings is 1. The summed E-state index contributed by atoms with van der Waals surface area (Å²) in [5.41, 5.74) is 3.00. The second-order valence-corrected chi connectivity index (χ2v) is 7.33. The SMILES string of the molecule is CC(C(=O)Nc1ccc(F)cn1)c1ccc2c(c1)CCCN2C(=O)C1CC1. The minimum Gasteiger partial charge on any atom is -0.312 e. The Balaban J connectivity index is 1.51. The highest BCUT2D eigenvalue weighted by Gasteiger charge is 2.35. The standard InChI is InChI=1S/C21H22FN3O2/c1-13(20(26)24-19-9-7-17(22)12-23-19)15-6-8-18-16(11-15)3-2-10-25(18)21(27)14-4-5-14/h6-9,11-14H,2-5,10H2,1H3,(H,23,24,26). The number of aryl methyl sites for hydroxylation is 1. The molecule has 0 radical (unpaired) electrons. The maximum Gasteiger partial charge on any atom is 0.232 e. The van der Waals surface area contributed by atoms with Gasteiger partial charge in [0, 0.05) is 18.2 Å². The third kappa shape index (κ3) is 3.70. The van der Waals surface area contributed by atoms with E-state index in [-0.39, 0.29) is 23.7 Å². The van der Waals surface area contributed by atoms with Gasteiger partial charge < -0.3 is 10.2 Å². The first-order valence-corrected chi connectivity index (χ1v) is 9.39. The van der Waals surface area contributed by atoms with Crippen LogP contribution < -0.4 is 10.2 Å². The van der Waals surface area contributed by atoms with Crippen molar-refractivity contribution in [2.75, 3.05) is 16.8 Å². The quantitative estimate of drug-likeness (QED) is 0.897. The van der Waals surface area contributed by atoms with Crippen molar-refractivity contribution in [1.29, 1.82) is 0 Å². The van der Waals surface area contributed by atoms with E-state index in [0.717, 1.165) is 55.2 Å². The van der Waals surface area contributed by atoms with Crippen molar-refractivity contribution in [3.63, 3.8) is 0 Å². The molecule has 1 unspecified atom stereocenters. The monoisotopic (exact) mass is 367 g/mol. The number of rotatable bonds is 4. The van der Waals surface area contributed by atoms with Gasteiger partial charge in [-0.15, -0.1) is 0 Å². The van der Waals surface area contributed by atoms with Crippen LogP contribution in [0.4, 0.5) is 15.9 Å². The zero-order valence-corrected chi connectivity index (χ0v) is 15.2. The summed E-state index contributed by atoms with van der Waals surface area (Å²) in [6.07, 6.45) is 4.92. The van der Waals surface area contributed by atoms with Gasteiger partial charge >= 0.3 is 0 Å². The molecule has 2 aromatic rings. The van der Waals surface area contributed by atoms with Crippen LogP contribution in [0.1, 0.15) is 43.2 Å². The Morgan fingerprint density at radius 3 is 2.78 bits per heavy atom. The van der Waals surface area contributed by atoms with Crippen LogP contribution in [0.15, 0.2) is 36.5 Å². The molecule has 140 valence electrons. The Kier molecular flexibility index (Phi) is 4.64. The zero-order valence-electron chi connectivity index (χ0n) is 15.2. The molecule has 4 rings (SSSR count). The normalized spacial score (nSPS) is 17.2. The number of hydrogen-bond donors (Lipinski definition) is 1. The topological polar surface area (TPSA) is 62.3 Å². The van der Waals surface area contributed by atoms with Gasteiger partial charge in [-0.05, 0) is 61.9 Å². The van der Waals surface area contributed by atoms with Crippen LogP contribution in [0, 0.1) is 11.7 Å². The van der Waals surface area contributed by atoms with E-state index in [1.807, 2.05) is 30.0 Å². The Morgan fingerprint density at radius 2 is 2.07 bits per heavy atom. The molecule has 1 saturated carbocycles. The maximum absolute atomic E-state index is 12.9. The van der Waals surface area contributed by atoms with Gasteiger partial charge in [-0.2, -0.15) is 0 Å². The molecule has 1 fully saturated rings. The van der Waals surface area contributed by atoms with Crippen LogP contribution in [0.2, 0.25) is 0 Å². The van der Waals surface area contributed by atoms with Gasteiger partial charge in [0.05, 0.1) is 12.1 Å². The highest BCUT2D eigenvalue weighted by atomic mass is 19.1. The van der Waals surface area contributed by atoms with Gasteiger partial charge in [-0.3, -0.25) is 9.59 Å². The number of hydrogen-bond acceptors (Lipinski definition) is 3. The van der Waals surface area contributed by atoms with Crippen LogP contribution in [0.25, 0.3) is 0 Å². The van der Waals surface area contributed by atoms with E-state index in [1.54, 1.807) is 0 Å². The van der Waals surface area contributed by atoms with Crippen LogP contribution in [-0.4, -0.2) is 23.3 Å². The first kappa shape index (κ1) is 17.6. The number of pyridine rings is 1. The van der Waals surface area contributed by atoms with E-state index in [9.17, 15) is 14.0 Å². The largest absolute Gasteiger partial charge is 0.312 e. The molecule has 0 saturated heterocycles. The van der Waals surface area contributed by atoms with Crippen molar-refractivity contribution < 1.29 is 14.0 Å². The number of fused-ring (bicyclic) bond motifs is 1. The molecule has 1 atom stereocenters. The number of amides is 2. The maximum atomic E-state index is 12.9. The van der Waals surface area contributed by atoms with Crippen molar-refractivity contribution in [2.24, 2.45) is 5.92 Å². The Bertz CT molecular complexity index is 877. The fraction of sp³-hybridized carbons (Fsp3) is 0.381. The number of aromatic nitrogens is 1. The van der Waals surface area contributed by atoms with Gasteiger partial charge in [-0.1, -0.05) is 12.1 Å². The second-order valence-electron chi connectivity index (χ2n) is 7.33. The van der Waals surface area contributed by atoms with E-state index in [4.69, 9.17) is 0 Å². The third-order valence-electron chi connectivity index (χ3n) is 5.29. The molecule has 1 aromatic carbocycles. The fourth-order valence-electron chi connectivity index (χ4n) is 3.50. The van der Waals surface area contributed by atoms with Crippen molar-refractivity contribution in [2.45, 2.75) is 38.5 Å². The van der Waals surface area contributed by atoms with Gasteiger partial charge in [-0.25, -0.2) is 9.37 Å². The van der Waals surface area contributed by atoms with E-state index >= 15 is 0 Å². The molecule has 2 aliphatic rings. The molecule has 5 nitrogen and oxygen atoms in total. The lowest BCUT2D eigenvalue weighted by Crippen LogP contribution is -2.36. The van der Waals surface area contributed by atoms with Gasteiger partial charge in [0.2, 0.25) is 11.8 Å². The molecule has 0 spiro atoms. The minimum atomic E-state index is -0.443. The van der Waals surface area contributed by atoms with E-state index < -0.39 is 5.82 Å². The van der Waals surface area contributed by atoms with Crippen LogP contribution in [0.3, 0.4) is 0 Å². The molecule has 1 aliphatic heterocycles. The molecule has 0 bridgehead atoms. The molecule has 27 heavy (non-hydrogen) atoms. The number of carbonyl (C=O) groups excluding carboxylic acids is 2. The Morgan fingerprint density at radius 1 is 1.26 bits per heavy atom. The predicted octanol–water partition coefficient (Wildman–Crippen LogP) is 3.65.